The van der Waals surface area contributed by atoms with Crippen molar-refractivity contribution >= 4 is 51.0 Å². The zero-order chi connectivity index (χ0) is 78.1. The van der Waals surface area contributed by atoms with E-state index >= 15 is 0 Å². The van der Waals surface area contributed by atoms with Crippen LogP contribution < -0.4 is 0 Å². The molecule has 0 unspecified atom stereocenters. The van der Waals surface area contributed by atoms with E-state index in [4.69, 9.17) is 70.5 Å². The first kappa shape index (κ1) is 128. The first-order valence-corrected chi connectivity index (χ1v) is 35.4. The topological polar surface area (TPSA) is 269 Å². The highest BCUT2D eigenvalue weighted by atomic mass is 32.2. The molecular formula is C75H139B2O15PS. The molecule has 0 heterocycles. The lowest BCUT2D eigenvalue weighted by Gasteiger charge is -2.01. The van der Waals surface area contributed by atoms with Crippen LogP contribution in [-0.4, -0.2) is 65.1 Å². The van der Waals surface area contributed by atoms with Crippen molar-refractivity contribution in [3.63, 3.8) is 0 Å². The molecule has 0 aromatic heterocycles. The zero-order valence-corrected chi connectivity index (χ0v) is 66.6. The van der Waals surface area contributed by atoms with E-state index < -0.39 is 25.6 Å². The van der Waals surface area contributed by atoms with Crippen molar-refractivity contribution in [2.75, 3.05) is 0 Å². The van der Waals surface area contributed by atoms with E-state index in [0.29, 0.717) is 35.9 Å². The fourth-order valence-corrected chi connectivity index (χ4v) is 4.19. The average molecular weight is 1370 g/mol. The third-order valence-electron chi connectivity index (χ3n) is 8.29. The van der Waals surface area contributed by atoms with Crippen LogP contribution in [0.1, 0.15) is 291 Å². The molecule has 19 heteroatoms. The summed E-state index contributed by atoms with van der Waals surface area (Å²) in [5, 5.41) is 24.2. The van der Waals surface area contributed by atoms with Crippen LogP contribution in [0.3, 0.4) is 0 Å². The molecule has 0 fully saturated rings. The van der Waals surface area contributed by atoms with Gasteiger partial charge in [0.15, 0.2) is 0 Å². The van der Waals surface area contributed by atoms with Gasteiger partial charge >= 0.3 is 44.1 Å². The maximum absolute atomic E-state index is 8.59. The van der Waals surface area contributed by atoms with E-state index in [-0.39, 0.29) is 25.4 Å². The second kappa shape index (κ2) is 131. The summed E-state index contributed by atoms with van der Waals surface area (Å²) in [4.78, 5) is 55.8. The predicted octanol–water partition coefficient (Wildman–Crippen LogP) is 22.3. The minimum atomic E-state index is -3.12. The third-order valence-corrected chi connectivity index (χ3v) is 8.29. The molecule has 15 nitrogen and oxygen atoms in total. The maximum Gasteiger partial charge on any atom is 0.465 e. The van der Waals surface area contributed by atoms with Crippen LogP contribution in [0.15, 0.2) is 152 Å². The van der Waals surface area contributed by atoms with Crippen molar-refractivity contribution in [3.05, 3.63) is 179 Å². The van der Waals surface area contributed by atoms with E-state index in [1.54, 1.807) is 13.7 Å². The molecule has 0 saturated carbocycles. The summed E-state index contributed by atoms with van der Waals surface area (Å²) in [5.41, 5.74) is 7.07. The lowest BCUT2D eigenvalue weighted by molar-refractivity contribution is -0.193. The van der Waals surface area contributed by atoms with Gasteiger partial charge in [0.1, 0.15) is 0 Å². The second-order valence-corrected chi connectivity index (χ2v) is 19.4. The lowest BCUT2D eigenvalue weighted by Crippen LogP contribution is -2.06. The summed E-state index contributed by atoms with van der Waals surface area (Å²) in [5.74, 6) is 3.29. The largest absolute Gasteiger partial charge is 0.465 e. The first-order valence-electron chi connectivity index (χ1n) is 33.3. The highest BCUT2D eigenvalue weighted by Gasteiger charge is 1.98. The molecule has 0 aliphatic carbocycles. The van der Waals surface area contributed by atoms with Gasteiger partial charge in [-0.05, 0) is 63.7 Å². The summed E-state index contributed by atoms with van der Waals surface area (Å²) in [6, 6.07) is 52.6. The van der Waals surface area contributed by atoms with E-state index in [2.05, 4.69) is 246 Å². The summed E-state index contributed by atoms with van der Waals surface area (Å²) in [7, 11) is -7.35. The molecular weight excluding hydrogens is 1230 g/mol. The Kier molecular flexibility index (Phi) is 179. The Bertz CT molecular complexity index is 1950. The normalized spacial score (nSPS) is 7.53. The SMILES string of the molecule is CC.CC.CC.CC.CC.CC(C)c1ccccc1.CC(C)c1ccccc1.CC(C)c1ccccc1.CC(C)c1ccccc1.CC(C)c1ccccc1.CCB(C)O.CCB(O)O.CCC.CCC.CCC.CCC.O=C=O.O=C=O.O=C=O.O=P(=O)O.O=S(=O)=O. The summed E-state index contributed by atoms with van der Waals surface area (Å²) in [6.45, 7) is 64.3. The molecule has 0 aliphatic heterocycles. The third kappa shape index (κ3) is 185. The van der Waals surface area contributed by atoms with Crippen LogP contribution in [-0.2, 0) is 48.5 Å². The van der Waals surface area contributed by atoms with Gasteiger partial charge in [-0.1, -0.05) is 398 Å². The van der Waals surface area contributed by atoms with Gasteiger partial charge in [0.2, 0.25) is 0 Å². The Balaban J connectivity index is -0.0000000498. The molecule has 4 N–H and O–H groups in total. The Labute approximate surface area is 580 Å². The minimum absolute atomic E-state index is 0.116. The van der Waals surface area contributed by atoms with Crippen LogP contribution in [0, 0.1) is 0 Å². The molecule has 0 spiro atoms. The van der Waals surface area contributed by atoms with Gasteiger partial charge in [-0.3, -0.25) is 4.89 Å². The Morgan fingerprint density at radius 1 is 0.330 bits per heavy atom. The highest BCUT2D eigenvalue weighted by molar-refractivity contribution is 7.59. The predicted molar refractivity (Wildman–Crippen MR) is 403 cm³/mol. The van der Waals surface area contributed by atoms with Gasteiger partial charge < -0.3 is 15.1 Å². The Morgan fingerprint density at radius 2 is 0.404 bits per heavy atom. The van der Waals surface area contributed by atoms with Gasteiger partial charge in [-0.15, -0.1) is 12.6 Å². The summed E-state index contributed by atoms with van der Waals surface area (Å²) in [6.07, 6.45) is 7.03. The average Bonchev–Trinajstić information content (AvgIpc) is 2.85. The van der Waals surface area contributed by atoms with E-state index in [1.807, 2.05) is 106 Å². The number of rotatable bonds is 7. The Morgan fingerprint density at radius 3 is 0.436 bits per heavy atom. The van der Waals surface area contributed by atoms with Crippen molar-refractivity contribution < 1.29 is 70.5 Å². The molecule has 5 aromatic rings. The number of carbonyl (C=O) groups excluding carboxylic acids is 6. The fourth-order valence-electron chi connectivity index (χ4n) is 4.19. The van der Waals surface area contributed by atoms with Gasteiger partial charge in [0, 0.05) is 0 Å². The van der Waals surface area contributed by atoms with Crippen molar-refractivity contribution in [2.24, 2.45) is 0 Å². The van der Waals surface area contributed by atoms with Crippen molar-refractivity contribution in [2.45, 2.75) is 282 Å². The molecule has 94 heavy (non-hydrogen) atoms. The molecule has 5 rings (SSSR count). The monoisotopic (exact) mass is 1360 g/mol. The summed E-state index contributed by atoms with van der Waals surface area (Å²) >= 11 is 0. The fraction of sp³-hybridized carbons (Fsp3) is 0.560. The van der Waals surface area contributed by atoms with Crippen molar-refractivity contribution in [1.29, 1.82) is 0 Å². The van der Waals surface area contributed by atoms with Gasteiger partial charge in [-0.2, -0.15) is 28.8 Å². The van der Waals surface area contributed by atoms with Gasteiger partial charge in [0.25, 0.3) is 6.92 Å². The molecule has 0 radical (unpaired) electrons. The number of hydrogen-bond donors (Lipinski definition) is 4. The molecule has 0 aliphatic rings. The van der Waals surface area contributed by atoms with Crippen LogP contribution in [0.5, 0.6) is 0 Å². The molecule has 0 atom stereocenters. The second-order valence-electron chi connectivity index (χ2n) is 18.5. The number of benzene rings is 5. The highest BCUT2D eigenvalue weighted by Crippen LogP contribution is 2.15. The molecule has 546 valence electrons. The quantitative estimate of drug-likeness (QED) is 0.0871. The van der Waals surface area contributed by atoms with Crippen LogP contribution in [0.2, 0.25) is 19.5 Å². The van der Waals surface area contributed by atoms with Gasteiger partial charge in [-0.25, -0.2) is 9.13 Å². The molecule has 5 aromatic carbocycles. The van der Waals surface area contributed by atoms with Crippen LogP contribution >= 0.6 is 7.91 Å². The minimum Gasteiger partial charge on any atom is -0.451 e. The smallest absolute Gasteiger partial charge is 0.451 e. The van der Waals surface area contributed by atoms with Crippen molar-refractivity contribution in [1.82, 2.24) is 0 Å². The lowest BCUT2D eigenvalue weighted by atomic mass is 9.69. The van der Waals surface area contributed by atoms with Gasteiger partial charge in [0.05, 0.1) is 0 Å². The van der Waals surface area contributed by atoms with E-state index in [0.717, 1.165) is 6.32 Å². The maximum atomic E-state index is 8.59. The standard InChI is InChI=1S/5C9H12.C3H9BO.4C3H8.C2H7BO2.5C2H6.3CO2.HO3P.O3S/c5*1-8(2)9-6-4-3-5-7-9;1-3-4(2)5;4*1-3-2;1-2-3(4)5;5*1-2;3*2-1-3;2*1-4(2)3/h5*3-8H,1-2H3;5H,3H2,1-2H3;4*3H2,1-2H3;4-5H,2H2,1H3;5*1-2H3;;;;(H,1,2,3);. The van der Waals surface area contributed by atoms with Crippen LogP contribution in [0.25, 0.3) is 0 Å². The van der Waals surface area contributed by atoms with Crippen LogP contribution in [0.4, 0.5) is 0 Å². The molecule has 0 bridgehead atoms. The van der Waals surface area contributed by atoms with Crippen molar-refractivity contribution in [3.8, 4) is 0 Å². The Hall–Kier alpha value is -6.27. The van der Waals surface area contributed by atoms with E-state index in [1.165, 1.54) is 53.5 Å². The molecule has 0 amide bonds. The first-order chi connectivity index (χ1) is 44.4. The summed E-state index contributed by atoms with van der Waals surface area (Å²) < 4.78 is 42.5. The van der Waals surface area contributed by atoms with E-state index in [9.17, 15) is 0 Å². The number of hydrogen-bond acceptors (Lipinski definition) is 14. The zero-order valence-electron chi connectivity index (χ0n) is 64.9. The molecule has 0 saturated heterocycles.